The summed E-state index contributed by atoms with van der Waals surface area (Å²) in [5.41, 5.74) is 6.83. The molecule has 0 bridgehead atoms. The molecule has 0 fully saturated rings. The van der Waals surface area contributed by atoms with Crippen molar-refractivity contribution >= 4 is 33.3 Å². The zero-order chi connectivity index (χ0) is 17.9. The van der Waals surface area contributed by atoms with Gasteiger partial charge in [0, 0.05) is 16.3 Å². The average Bonchev–Trinajstić information content (AvgIpc) is 3.15. The number of nitrogens with one attached hydrogen (secondary N) is 2. The predicted molar refractivity (Wildman–Crippen MR) is 101 cm³/mol. The molecule has 4 rings (SSSR count). The highest BCUT2D eigenvalue weighted by atomic mass is 32.1. The van der Waals surface area contributed by atoms with Gasteiger partial charge in [0.2, 0.25) is 5.13 Å². The van der Waals surface area contributed by atoms with Crippen LogP contribution in [0.5, 0.6) is 0 Å². The number of benzene rings is 2. The lowest BCUT2D eigenvalue weighted by molar-refractivity contribution is 0.0962. The van der Waals surface area contributed by atoms with Crippen LogP contribution in [0.4, 0.5) is 5.13 Å². The van der Waals surface area contributed by atoms with E-state index in [9.17, 15) is 9.59 Å². The van der Waals surface area contributed by atoms with E-state index in [4.69, 9.17) is 4.42 Å². The van der Waals surface area contributed by atoms with Gasteiger partial charge in [-0.05, 0) is 24.3 Å². The molecule has 0 saturated heterocycles. The molecule has 2 aromatic heterocycles. The Bertz CT molecular complexity index is 1140. The fraction of sp³-hybridized carbons (Fsp3) is 0. The molecule has 2 N–H and O–H groups in total. The molecule has 4 aromatic rings. The van der Waals surface area contributed by atoms with Crippen molar-refractivity contribution in [2.24, 2.45) is 0 Å². The van der Waals surface area contributed by atoms with E-state index in [-0.39, 0.29) is 5.91 Å². The quantitative estimate of drug-likeness (QED) is 0.427. The lowest BCUT2D eigenvalue weighted by Crippen LogP contribution is -2.29. The molecule has 0 saturated carbocycles. The molecule has 1 amide bonds. The van der Waals surface area contributed by atoms with Crippen molar-refractivity contribution in [2.75, 3.05) is 5.43 Å². The lowest BCUT2D eigenvalue weighted by Gasteiger charge is -2.05. The van der Waals surface area contributed by atoms with E-state index in [1.165, 1.54) is 11.3 Å². The topological polar surface area (TPSA) is 84.2 Å². The van der Waals surface area contributed by atoms with Crippen LogP contribution in [0.1, 0.15) is 10.4 Å². The van der Waals surface area contributed by atoms with Crippen LogP contribution >= 0.6 is 11.3 Å². The third kappa shape index (κ3) is 3.20. The predicted octanol–water partition coefficient (Wildman–Crippen LogP) is 3.67. The molecule has 0 radical (unpaired) electrons. The normalized spacial score (nSPS) is 10.6. The average molecular weight is 363 g/mol. The number of hydrogen-bond donors (Lipinski definition) is 2. The van der Waals surface area contributed by atoms with Crippen molar-refractivity contribution in [1.82, 2.24) is 10.4 Å². The number of carbonyl (C=O) groups excluding carboxylic acids is 1. The third-order valence-corrected chi connectivity index (χ3v) is 4.50. The highest BCUT2D eigenvalue weighted by Crippen LogP contribution is 2.24. The Kier molecular flexibility index (Phi) is 4.20. The second-order valence-corrected chi connectivity index (χ2v) is 6.33. The van der Waals surface area contributed by atoms with Crippen LogP contribution in [0.25, 0.3) is 22.2 Å². The maximum absolute atomic E-state index is 12.2. The third-order valence-electron chi connectivity index (χ3n) is 3.74. The number of para-hydroxylation sites is 1. The number of amides is 1. The van der Waals surface area contributed by atoms with E-state index in [1.54, 1.807) is 41.8 Å². The van der Waals surface area contributed by atoms with E-state index >= 15 is 0 Å². The Hall–Kier alpha value is -3.45. The Labute approximate surface area is 152 Å². The van der Waals surface area contributed by atoms with E-state index in [0.29, 0.717) is 27.5 Å². The number of thiazole rings is 1. The lowest BCUT2D eigenvalue weighted by atomic mass is 10.1. The standard InChI is InChI=1S/C19H13N3O3S/c23-17(12-6-2-1-3-7-12)21-22-19-20-15(11-26-19)14-10-13-8-4-5-9-16(13)25-18(14)24/h1-11H,(H,20,22)(H,21,23). The van der Waals surface area contributed by atoms with Crippen LogP contribution in [0.2, 0.25) is 0 Å². The Morgan fingerprint density at radius 2 is 1.81 bits per heavy atom. The van der Waals surface area contributed by atoms with Crippen LogP contribution in [-0.2, 0) is 0 Å². The zero-order valence-electron chi connectivity index (χ0n) is 13.4. The maximum Gasteiger partial charge on any atom is 0.345 e. The number of anilines is 1. The van der Waals surface area contributed by atoms with Crippen molar-refractivity contribution in [3.05, 3.63) is 82.0 Å². The molecule has 7 heteroatoms. The first kappa shape index (κ1) is 16.0. The minimum absolute atomic E-state index is 0.271. The number of hydrogen-bond acceptors (Lipinski definition) is 6. The summed E-state index contributed by atoms with van der Waals surface area (Å²) >= 11 is 1.28. The van der Waals surface area contributed by atoms with E-state index < -0.39 is 5.63 Å². The van der Waals surface area contributed by atoms with Crippen molar-refractivity contribution in [1.29, 1.82) is 0 Å². The van der Waals surface area contributed by atoms with Crippen LogP contribution < -0.4 is 16.5 Å². The monoisotopic (exact) mass is 363 g/mol. The number of hydrazine groups is 1. The summed E-state index contributed by atoms with van der Waals surface area (Å²) in [5, 5.41) is 3.02. The number of fused-ring (bicyclic) bond motifs is 1. The molecule has 2 aromatic carbocycles. The zero-order valence-corrected chi connectivity index (χ0v) is 14.2. The summed E-state index contributed by atoms with van der Waals surface area (Å²) in [4.78, 5) is 28.6. The molecule has 0 unspecified atom stereocenters. The second-order valence-electron chi connectivity index (χ2n) is 5.47. The first-order valence-electron chi connectivity index (χ1n) is 7.81. The molecule has 0 spiro atoms. The molecule has 0 aliphatic rings. The van der Waals surface area contributed by atoms with Crippen molar-refractivity contribution < 1.29 is 9.21 Å². The van der Waals surface area contributed by atoms with Gasteiger partial charge in [0.15, 0.2) is 0 Å². The van der Waals surface area contributed by atoms with Gasteiger partial charge in [-0.2, -0.15) is 0 Å². The van der Waals surface area contributed by atoms with Crippen LogP contribution in [0.15, 0.2) is 75.3 Å². The van der Waals surface area contributed by atoms with Gasteiger partial charge in [-0.3, -0.25) is 15.6 Å². The molecule has 0 aliphatic heterocycles. The molecule has 26 heavy (non-hydrogen) atoms. The largest absolute Gasteiger partial charge is 0.422 e. The summed E-state index contributed by atoms with van der Waals surface area (Å²) in [6.45, 7) is 0. The number of rotatable bonds is 4. The van der Waals surface area contributed by atoms with Crippen LogP contribution in [0, 0.1) is 0 Å². The Morgan fingerprint density at radius 3 is 2.65 bits per heavy atom. The number of aromatic nitrogens is 1. The molecule has 6 nitrogen and oxygen atoms in total. The van der Waals surface area contributed by atoms with E-state index in [2.05, 4.69) is 15.8 Å². The summed E-state index contributed by atoms with van der Waals surface area (Å²) in [6.07, 6.45) is 0. The van der Waals surface area contributed by atoms with Gasteiger partial charge >= 0.3 is 5.63 Å². The summed E-state index contributed by atoms with van der Waals surface area (Å²) in [6, 6.07) is 17.9. The van der Waals surface area contributed by atoms with E-state index in [1.807, 2.05) is 24.3 Å². The highest BCUT2D eigenvalue weighted by Gasteiger charge is 2.12. The van der Waals surface area contributed by atoms with Gasteiger partial charge in [0.1, 0.15) is 5.58 Å². The van der Waals surface area contributed by atoms with Gasteiger partial charge in [-0.1, -0.05) is 36.4 Å². The smallest absolute Gasteiger partial charge is 0.345 e. The van der Waals surface area contributed by atoms with Gasteiger partial charge in [-0.25, -0.2) is 9.78 Å². The molecular weight excluding hydrogens is 350 g/mol. The van der Waals surface area contributed by atoms with Crippen LogP contribution in [0.3, 0.4) is 0 Å². The fourth-order valence-corrected chi connectivity index (χ4v) is 3.13. The first-order chi connectivity index (χ1) is 12.7. The summed E-state index contributed by atoms with van der Waals surface area (Å²) in [7, 11) is 0. The van der Waals surface area contributed by atoms with Crippen molar-refractivity contribution in [3.8, 4) is 11.3 Å². The van der Waals surface area contributed by atoms with Crippen molar-refractivity contribution in [3.63, 3.8) is 0 Å². The van der Waals surface area contributed by atoms with E-state index in [0.717, 1.165) is 5.39 Å². The van der Waals surface area contributed by atoms with Crippen LogP contribution in [-0.4, -0.2) is 10.9 Å². The summed E-state index contributed by atoms with van der Waals surface area (Å²) in [5.74, 6) is -0.271. The molecule has 0 aliphatic carbocycles. The highest BCUT2D eigenvalue weighted by molar-refractivity contribution is 7.14. The Balaban J connectivity index is 1.54. The Morgan fingerprint density at radius 1 is 1.04 bits per heavy atom. The molecular formula is C19H13N3O3S. The van der Waals surface area contributed by atoms with Crippen molar-refractivity contribution in [2.45, 2.75) is 0 Å². The molecule has 128 valence electrons. The maximum atomic E-state index is 12.2. The number of carbonyl (C=O) groups is 1. The summed E-state index contributed by atoms with van der Waals surface area (Å²) < 4.78 is 5.33. The minimum atomic E-state index is -0.450. The minimum Gasteiger partial charge on any atom is -0.422 e. The van der Waals surface area contributed by atoms with Gasteiger partial charge < -0.3 is 4.42 Å². The number of nitrogens with zero attached hydrogens (tertiary/aromatic N) is 1. The molecule has 0 atom stereocenters. The van der Waals surface area contributed by atoms with Gasteiger partial charge in [0.05, 0.1) is 11.3 Å². The van der Waals surface area contributed by atoms with Gasteiger partial charge in [-0.15, -0.1) is 11.3 Å². The second kappa shape index (κ2) is 6.81. The molecule has 2 heterocycles. The first-order valence-corrected chi connectivity index (χ1v) is 8.69. The van der Waals surface area contributed by atoms with Gasteiger partial charge in [0.25, 0.3) is 5.91 Å². The fourth-order valence-electron chi connectivity index (χ4n) is 2.47. The SMILES string of the molecule is O=C(NNc1nc(-c2cc3ccccc3oc2=O)cs1)c1ccccc1.